The fraction of sp³-hybridized carbons (Fsp3) is 0.385. The van der Waals surface area contributed by atoms with Crippen molar-refractivity contribution in [1.29, 1.82) is 0 Å². The van der Waals surface area contributed by atoms with Crippen LogP contribution in [0, 0.1) is 0 Å². The molecule has 0 unspecified atom stereocenters. The Morgan fingerprint density at radius 2 is 1.90 bits per heavy atom. The second-order valence-electron chi connectivity index (χ2n) is 4.27. The number of thioether (sulfide) groups is 1. The summed E-state index contributed by atoms with van der Waals surface area (Å²) in [5.41, 5.74) is 1.07. The van der Waals surface area contributed by atoms with Gasteiger partial charge in [0.25, 0.3) is 10.0 Å². The summed E-state index contributed by atoms with van der Waals surface area (Å²) in [5, 5.41) is 0.261. The molecule has 108 valence electrons. The van der Waals surface area contributed by atoms with E-state index in [2.05, 4.69) is 4.40 Å². The summed E-state index contributed by atoms with van der Waals surface area (Å²) >= 11 is 1.16. The van der Waals surface area contributed by atoms with Gasteiger partial charge < -0.3 is 0 Å². The van der Waals surface area contributed by atoms with Gasteiger partial charge in [-0.05, 0) is 31.0 Å². The first-order valence-corrected chi connectivity index (χ1v) is 8.77. The minimum absolute atomic E-state index is 0.104. The van der Waals surface area contributed by atoms with Gasteiger partial charge in [0.2, 0.25) is 5.91 Å². The average molecular weight is 312 g/mol. The minimum Gasteiger partial charge on any atom is -0.290 e. The van der Waals surface area contributed by atoms with Crippen molar-refractivity contribution in [3.05, 3.63) is 29.8 Å². The van der Waals surface area contributed by atoms with Crippen LogP contribution in [0.5, 0.6) is 0 Å². The van der Waals surface area contributed by atoms with Crippen LogP contribution in [-0.4, -0.2) is 36.7 Å². The largest absolute Gasteiger partial charge is 0.290 e. The summed E-state index contributed by atoms with van der Waals surface area (Å²) in [7, 11) is -3.76. The molecule has 0 saturated carbocycles. The van der Waals surface area contributed by atoms with Crippen LogP contribution < -0.4 is 0 Å². The van der Waals surface area contributed by atoms with Crippen LogP contribution in [0.15, 0.2) is 33.6 Å². The Bertz CT molecular complexity index is 636. The molecule has 1 saturated heterocycles. The highest BCUT2D eigenvalue weighted by Gasteiger charge is 2.29. The van der Waals surface area contributed by atoms with E-state index >= 15 is 0 Å². The van der Waals surface area contributed by atoms with Gasteiger partial charge in [-0.15, -0.1) is 4.40 Å². The van der Waals surface area contributed by atoms with Gasteiger partial charge in [-0.25, -0.2) is 0 Å². The van der Waals surface area contributed by atoms with Gasteiger partial charge in [-0.1, -0.05) is 30.8 Å². The monoisotopic (exact) mass is 312 g/mol. The van der Waals surface area contributed by atoms with Gasteiger partial charge in [0, 0.05) is 6.54 Å². The van der Waals surface area contributed by atoms with Crippen LogP contribution in [0.1, 0.15) is 19.4 Å². The summed E-state index contributed by atoms with van der Waals surface area (Å²) in [4.78, 5) is 13.1. The number of sulfonamides is 1. The van der Waals surface area contributed by atoms with Crippen LogP contribution in [0.25, 0.3) is 0 Å². The van der Waals surface area contributed by atoms with E-state index in [-0.39, 0.29) is 21.7 Å². The minimum atomic E-state index is -3.76. The third kappa shape index (κ3) is 3.04. The molecule has 0 N–H and O–H groups in total. The molecule has 1 aromatic rings. The Labute approximate surface area is 123 Å². The van der Waals surface area contributed by atoms with Crippen molar-refractivity contribution in [2.24, 2.45) is 4.40 Å². The highest BCUT2D eigenvalue weighted by molar-refractivity contribution is 8.15. The SMILES string of the molecule is CCc1ccc(S(=O)(=O)N=C2SCC(=O)N2CC)cc1. The number of rotatable bonds is 4. The molecule has 1 aliphatic heterocycles. The molecule has 0 bridgehead atoms. The molecule has 0 aliphatic carbocycles. The zero-order valence-corrected chi connectivity index (χ0v) is 13.0. The predicted octanol–water partition coefficient (Wildman–Crippen LogP) is 1.89. The van der Waals surface area contributed by atoms with Crippen molar-refractivity contribution in [3.63, 3.8) is 0 Å². The van der Waals surface area contributed by atoms with Crippen LogP contribution in [-0.2, 0) is 21.2 Å². The molecule has 1 aromatic carbocycles. The van der Waals surface area contributed by atoms with Crippen LogP contribution in [0.4, 0.5) is 0 Å². The maximum absolute atomic E-state index is 12.2. The van der Waals surface area contributed by atoms with Gasteiger partial charge in [0.15, 0.2) is 5.17 Å². The van der Waals surface area contributed by atoms with Crippen molar-refractivity contribution in [2.45, 2.75) is 25.2 Å². The van der Waals surface area contributed by atoms with Gasteiger partial charge in [-0.2, -0.15) is 8.42 Å². The summed E-state index contributed by atoms with van der Waals surface area (Å²) < 4.78 is 28.2. The first-order valence-electron chi connectivity index (χ1n) is 6.35. The average Bonchev–Trinajstić information content (AvgIpc) is 2.78. The van der Waals surface area contributed by atoms with Crippen LogP contribution in [0.2, 0.25) is 0 Å². The van der Waals surface area contributed by atoms with E-state index in [0.29, 0.717) is 6.54 Å². The summed E-state index contributed by atoms with van der Waals surface area (Å²) in [6.45, 7) is 4.22. The topological polar surface area (TPSA) is 66.8 Å². The Hall–Kier alpha value is -1.34. The smallest absolute Gasteiger partial charge is 0.284 e. The quantitative estimate of drug-likeness (QED) is 0.851. The number of aryl methyl sites for hydroxylation is 1. The highest BCUT2D eigenvalue weighted by Crippen LogP contribution is 2.22. The molecule has 2 rings (SSSR count). The first-order chi connectivity index (χ1) is 9.47. The van der Waals surface area contributed by atoms with Crippen molar-refractivity contribution < 1.29 is 13.2 Å². The van der Waals surface area contributed by atoms with Crippen molar-refractivity contribution >= 4 is 32.9 Å². The Morgan fingerprint density at radius 3 is 2.45 bits per heavy atom. The van der Waals surface area contributed by atoms with E-state index < -0.39 is 10.0 Å². The lowest BCUT2D eigenvalue weighted by molar-refractivity contribution is -0.123. The summed E-state index contributed by atoms with van der Waals surface area (Å²) in [5.74, 6) is 0.143. The molecular formula is C13H16N2O3S2. The van der Waals surface area contributed by atoms with E-state index in [1.165, 1.54) is 4.90 Å². The van der Waals surface area contributed by atoms with Gasteiger partial charge in [0.05, 0.1) is 10.6 Å². The molecule has 0 spiro atoms. The molecule has 0 radical (unpaired) electrons. The standard InChI is InChI=1S/C13H16N2O3S2/c1-3-10-5-7-11(8-6-10)20(17,18)14-13-15(4-2)12(16)9-19-13/h5-8H,3-4,9H2,1-2H3. The molecular weight excluding hydrogens is 296 g/mol. The fourth-order valence-electron chi connectivity index (χ4n) is 1.83. The number of carbonyl (C=O) groups is 1. The molecule has 1 amide bonds. The van der Waals surface area contributed by atoms with Crippen molar-refractivity contribution in [3.8, 4) is 0 Å². The van der Waals surface area contributed by atoms with E-state index in [0.717, 1.165) is 23.7 Å². The fourth-order valence-corrected chi connectivity index (χ4v) is 4.02. The van der Waals surface area contributed by atoms with E-state index in [4.69, 9.17) is 0 Å². The number of amides is 1. The van der Waals surface area contributed by atoms with Gasteiger partial charge in [0.1, 0.15) is 0 Å². The zero-order valence-electron chi connectivity index (χ0n) is 11.4. The normalized spacial score (nSPS) is 18.0. The van der Waals surface area contributed by atoms with E-state index in [9.17, 15) is 13.2 Å². The Balaban J connectivity index is 2.33. The first kappa shape index (κ1) is 15.1. The van der Waals surface area contributed by atoms with Crippen LogP contribution in [0.3, 0.4) is 0 Å². The Morgan fingerprint density at radius 1 is 1.25 bits per heavy atom. The second kappa shape index (κ2) is 5.97. The molecule has 7 heteroatoms. The molecule has 0 atom stereocenters. The molecule has 5 nitrogen and oxygen atoms in total. The zero-order chi connectivity index (χ0) is 14.8. The van der Waals surface area contributed by atoms with E-state index in [1.807, 2.05) is 6.92 Å². The highest BCUT2D eigenvalue weighted by atomic mass is 32.2. The third-order valence-corrected chi connectivity index (χ3v) is 5.36. The maximum atomic E-state index is 12.2. The molecule has 1 aliphatic rings. The van der Waals surface area contributed by atoms with Gasteiger partial charge >= 0.3 is 0 Å². The van der Waals surface area contributed by atoms with Gasteiger partial charge in [-0.3, -0.25) is 9.69 Å². The Kier molecular flexibility index (Phi) is 4.49. The molecule has 20 heavy (non-hydrogen) atoms. The third-order valence-electron chi connectivity index (χ3n) is 3.00. The lowest BCUT2D eigenvalue weighted by Gasteiger charge is -2.12. The number of hydrogen-bond acceptors (Lipinski definition) is 4. The maximum Gasteiger partial charge on any atom is 0.284 e. The lowest BCUT2D eigenvalue weighted by Crippen LogP contribution is -2.29. The molecule has 0 aromatic heterocycles. The number of amidine groups is 1. The number of carbonyl (C=O) groups excluding carboxylic acids is 1. The van der Waals surface area contributed by atoms with E-state index in [1.54, 1.807) is 31.2 Å². The summed E-state index contributed by atoms with van der Waals surface area (Å²) in [6, 6.07) is 6.65. The van der Waals surface area contributed by atoms with Crippen LogP contribution >= 0.6 is 11.8 Å². The number of hydrogen-bond donors (Lipinski definition) is 0. The predicted molar refractivity (Wildman–Crippen MR) is 80.3 cm³/mol. The van der Waals surface area contributed by atoms with Crippen molar-refractivity contribution in [2.75, 3.05) is 12.3 Å². The second-order valence-corrected chi connectivity index (χ2v) is 6.82. The van der Waals surface area contributed by atoms with Crippen molar-refractivity contribution in [1.82, 2.24) is 4.90 Å². The number of nitrogens with zero attached hydrogens (tertiary/aromatic N) is 2. The number of benzene rings is 1. The molecule has 1 heterocycles. The summed E-state index contributed by atoms with van der Waals surface area (Å²) in [6.07, 6.45) is 0.850. The lowest BCUT2D eigenvalue weighted by atomic mass is 10.2. The molecule has 1 fully saturated rings.